The Balaban J connectivity index is 1.53. The van der Waals surface area contributed by atoms with Crippen molar-refractivity contribution in [2.45, 2.75) is 44.6 Å². The van der Waals surface area contributed by atoms with Crippen molar-refractivity contribution >= 4 is 5.91 Å². The van der Waals surface area contributed by atoms with Crippen LogP contribution in [0.2, 0.25) is 0 Å². The SMILES string of the molecule is COc1ccccc1CC1CCN(C(=O)[C@H]2CCC[C@H]2N)CC1. The smallest absolute Gasteiger partial charge is 0.227 e. The molecule has 2 N–H and O–H groups in total. The van der Waals surface area contributed by atoms with E-state index < -0.39 is 0 Å². The molecule has 0 aromatic heterocycles. The molecule has 4 nitrogen and oxygen atoms in total. The van der Waals surface area contributed by atoms with Crippen LogP contribution < -0.4 is 10.5 Å². The lowest BCUT2D eigenvalue weighted by molar-refractivity contribution is -0.137. The van der Waals surface area contributed by atoms with Gasteiger partial charge >= 0.3 is 0 Å². The van der Waals surface area contributed by atoms with Crippen molar-refractivity contribution in [2.24, 2.45) is 17.6 Å². The minimum atomic E-state index is 0.0702. The minimum absolute atomic E-state index is 0.0702. The molecule has 1 aromatic rings. The van der Waals surface area contributed by atoms with Gasteiger partial charge in [0.15, 0.2) is 0 Å². The fourth-order valence-electron chi connectivity index (χ4n) is 4.07. The molecule has 0 radical (unpaired) electrons. The number of hydrogen-bond acceptors (Lipinski definition) is 3. The Labute approximate surface area is 139 Å². The monoisotopic (exact) mass is 316 g/mol. The van der Waals surface area contributed by atoms with Crippen molar-refractivity contribution in [3.63, 3.8) is 0 Å². The van der Waals surface area contributed by atoms with E-state index in [0.29, 0.717) is 11.8 Å². The summed E-state index contributed by atoms with van der Waals surface area (Å²) < 4.78 is 5.45. The van der Waals surface area contributed by atoms with Gasteiger partial charge in [-0.1, -0.05) is 24.6 Å². The van der Waals surface area contributed by atoms with Gasteiger partial charge in [-0.15, -0.1) is 0 Å². The molecule has 1 aliphatic carbocycles. The molecular formula is C19H28N2O2. The maximum Gasteiger partial charge on any atom is 0.227 e. The third kappa shape index (κ3) is 3.69. The summed E-state index contributed by atoms with van der Waals surface area (Å²) in [6.45, 7) is 1.75. The molecule has 0 unspecified atom stereocenters. The Morgan fingerprint density at radius 2 is 1.96 bits per heavy atom. The highest BCUT2D eigenvalue weighted by Crippen LogP contribution is 2.30. The van der Waals surface area contributed by atoms with Crippen LogP contribution in [0.25, 0.3) is 0 Å². The van der Waals surface area contributed by atoms with Crippen molar-refractivity contribution in [2.75, 3.05) is 20.2 Å². The second-order valence-corrected chi connectivity index (χ2v) is 6.99. The van der Waals surface area contributed by atoms with Crippen LogP contribution in [0.3, 0.4) is 0 Å². The second kappa shape index (κ2) is 7.35. The number of methoxy groups -OCH3 is 1. The van der Waals surface area contributed by atoms with Crippen LogP contribution in [0.15, 0.2) is 24.3 Å². The first kappa shape index (κ1) is 16.3. The number of benzene rings is 1. The number of rotatable bonds is 4. The summed E-state index contributed by atoms with van der Waals surface area (Å²) in [4.78, 5) is 14.7. The van der Waals surface area contributed by atoms with Gasteiger partial charge in [0.1, 0.15) is 5.75 Å². The van der Waals surface area contributed by atoms with Crippen molar-refractivity contribution in [1.82, 2.24) is 4.90 Å². The van der Waals surface area contributed by atoms with Crippen LogP contribution in [-0.4, -0.2) is 37.0 Å². The van der Waals surface area contributed by atoms with Gasteiger partial charge in [-0.3, -0.25) is 4.79 Å². The molecule has 2 fully saturated rings. The molecular weight excluding hydrogens is 288 g/mol. The van der Waals surface area contributed by atoms with Crippen molar-refractivity contribution in [1.29, 1.82) is 0 Å². The molecule has 1 aliphatic heterocycles. The molecule has 1 amide bonds. The Hall–Kier alpha value is -1.55. The average Bonchev–Trinajstić information content (AvgIpc) is 3.01. The van der Waals surface area contributed by atoms with Crippen molar-refractivity contribution in [3.05, 3.63) is 29.8 Å². The first-order valence-electron chi connectivity index (χ1n) is 8.85. The van der Waals surface area contributed by atoms with Crippen LogP contribution in [-0.2, 0) is 11.2 Å². The summed E-state index contributed by atoms with van der Waals surface area (Å²) in [5.74, 6) is 1.97. The number of likely N-dealkylation sites (tertiary alicyclic amines) is 1. The second-order valence-electron chi connectivity index (χ2n) is 6.99. The zero-order valence-corrected chi connectivity index (χ0v) is 14.0. The number of piperidine rings is 1. The number of nitrogens with two attached hydrogens (primary N) is 1. The molecule has 2 aliphatic rings. The van der Waals surface area contributed by atoms with E-state index in [2.05, 4.69) is 17.0 Å². The summed E-state index contributed by atoms with van der Waals surface area (Å²) in [7, 11) is 1.73. The Morgan fingerprint density at radius 3 is 2.61 bits per heavy atom. The third-order valence-electron chi connectivity index (χ3n) is 5.51. The van der Waals surface area contributed by atoms with Crippen LogP contribution in [0.4, 0.5) is 0 Å². The van der Waals surface area contributed by atoms with Crippen molar-refractivity contribution < 1.29 is 9.53 Å². The Morgan fingerprint density at radius 1 is 1.22 bits per heavy atom. The maximum atomic E-state index is 12.6. The van der Waals surface area contributed by atoms with Gasteiger partial charge in [0.2, 0.25) is 5.91 Å². The lowest BCUT2D eigenvalue weighted by atomic mass is 9.89. The summed E-state index contributed by atoms with van der Waals surface area (Å²) in [5, 5.41) is 0. The molecule has 0 spiro atoms. The third-order valence-corrected chi connectivity index (χ3v) is 5.51. The highest BCUT2D eigenvalue weighted by molar-refractivity contribution is 5.80. The molecule has 1 heterocycles. The minimum Gasteiger partial charge on any atom is -0.496 e. The number of amides is 1. The van der Waals surface area contributed by atoms with Gasteiger partial charge in [0, 0.05) is 19.1 Å². The summed E-state index contributed by atoms with van der Waals surface area (Å²) in [6.07, 6.45) is 6.26. The lowest BCUT2D eigenvalue weighted by Crippen LogP contribution is -2.45. The molecule has 1 aromatic carbocycles. The number of para-hydroxylation sites is 1. The number of carbonyl (C=O) groups is 1. The Kier molecular flexibility index (Phi) is 5.21. The van der Waals surface area contributed by atoms with E-state index >= 15 is 0 Å². The van der Waals surface area contributed by atoms with E-state index in [9.17, 15) is 4.79 Å². The van der Waals surface area contributed by atoms with E-state index in [0.717, 1.165) is 57.4 Å². The number of hydrogen-bond donors (Lipinski definition) is 1. The van der Waals surface area contributed by atoms with Gasteiger partial charge in [0.25, 0.3) is 0 Å². The largest absolute Gasteiger partial charge is 0.496 e. The van der Waals surface area contributed by atoms with E-state index in [1.54, 1.807) is 7.11 Å². The van der Waals surface area contributed by atoms with Gasteiger partial charge in [-0.2, -0.15) is 0 Å². The summed E-state index contributed by atoms with van der Waals surface area (Å²) >= 11 is 0. The average molecular weight is 316 g/mol. The summed E-state index contributed by atoms with van der Waals surface area (Å²) in [6, 6.07) is 8.32. The lowest BCUT2D eigenvalue weighted by Gasteiger charge is -2.34. The Bertz CT molecular complexity index is 538. The van der Waals surface area contributed by atoms with Gasteiger partial charge in [0.05, 0.1) is 13.0 Å². The highest BCUT2D eigenvalue weighted by atomic mass is 16.5. The zero-order valence-electron chi connectivity index (χ0n) is 14.0. The van der Waals surface area contributed by atoms with E-state index in [1.807, 2.05) is 12.1 Å². The van der Waals surface area contributed by atoms with E-state index in [-0.39, 0.29) is 12.0 Å². The number of ether oxygens (including phenoxy) is 1. The quantitative estimate of drug-likeness (QED) is 0.929. The molecule has 0 bridgehead atoms. The van der Waals surface area contributed by atoms with Gasteiger partial charge < -0.3 is 15.4 Å². The highest BCUT2D eigenvalue weighted by Gasteiger charge is 2.34. The molecule has 1 saturated carbocycles. The maximum absolute atomic E-state index is 12.6. The molecule has 3 rings (SSSR count). The molecule has 1 saturated heterocycles. The van der Waals surface area contributed by atoms with Crippen LogP contribution in [0.1, 0.15) is 37.7 Å². The molecule has 2 atom stereocenters. The topological polar surface area (TPSA) is 55.6 Å². The fraction of sp³-hybridized carbons (Fsp3) is 0.632. The first-order chi connectivity index (χ1) is 11.2. The van der Waals surface area contributed by atoms with Gasteiger partial charge in [-0.05, 0) is 49.7 Å². The van der Waals surface area contributed by atoms with Gasteiger partial charge in [-0.25, -0.2) is 0 Å². The molecule has 23 heavy (non-hydrogen) atoms. The zero-order chi connectivity index (χ0) is 16.2. The van der Waals surface area contributed by atoms with Crippen LogP contribution in [0, 0.1) is 11.8 Å². The van der Waals surface area contributed by atoms with E-state index in [4.69, 9.17) is 10.5 Å². The number of carbonyl (C=O) groups excluding carboxylic acids is 1. The molecule has 4 heteroatoms. The predicted octanol–water partition coefficient (Wildman–Crippen LogP) is 2.60. The molecule has 126 valence electrons. The van der Waals surface area contributed by atoms with E-state index in [1.165, 1.54) is 5.56 Å². The normalized spacial score (nSPS) is 25.6. The first-order valence-corrected chi connectivity index (χ1v) is 8.85. The van der Waals surface area contributed by atoms with Crippen molar-refractivity contribution in [3.8, 4) is 5.75 Å². The predicted molar refractivity (Wildman–Crippen MR) is 91.3 cm³/mol. The summed E-state index contributed by atoms with van der Waals surface area (Å²) in [5.41, 5.74) is 7.36. The number of nitrogens with zero attached hydrogens (tertiary/aromatic N) is 1. The fourth-order valence-corrected chi connectivity index (χ4v) is 4.07. The standard InChI is InChI=1S/C19H28N2O2/c1-23-18-8-3-2-5-15(18)13-14-9-11-21(12-10-14)19(22)16-6-4-7-17(16)20/h2-3,5,8,14,16-17H,4,6-7,9-13,20H2,1H3/t16-,17+/m0/s1. The van der Waals surface area contributed by atoms with Crippen LogP contribution in [0.5, 0.6) is 5.75 Å². The van der Waals surface area contributed by atoms with Crippen LogP contribution >= 0.6 is 0 Å².